The monoisotopic (exact) mass is 286 g/mol. The molecule has 0 aliphatic carbocycles. The first-order chi connectivity index (χ1) is 8.16. The molecule has 0 fully saturated rings. The van der Waals surface area contributed by atoms with Crippen LogP contribution >= 0.6 is 34.8 Å². The van der Waals surface area contributed by atoms with E-state index in [0.29, 0.717) is 21.7 Å². The first-order valence-electron chi connectivity index (χ1n) is 4.95. The predicted molar refractivity (Wildman–Crippen MR) is 73.0 cm³/mol. The van der Waals surface area contributed by atoms with E-state index in [0.717, 1.165) is 11.3 Å². The SMILES string of the molecule is Clc1ccc(CNc2cccnc2Cl)c(Cl)c1. The molecule has 0 saturated heterocycles. The van der Waals surface area contributed by atoms with E-state index < -0.39 is 0 Å². The summed E-state index contributed by atoms with van der Waals surface area (Å²) < 4.78 is 0. The molecule has 1 N–H and O–H groups in total. The van der Waals surface area contributed by atoms with Crippen molar-refractivity contribution in [1.29, 1.82) is 0 Å². The standard InChI is InChI=1S/C12H9Cl3N2/c13-9-4-3-8(10(14)6-9)7-17-11-2-1-5-16-12(11)15/h1-6,17H,7H2. The Hall–Kier alpha value is -0.960. The number of nitrogens with one attached hydrogen (secondary N) is 1. The number of nitrogens with zero attached hydrogens (tertiary/aromatic N) is 1. The number of aromatic nitrogens is 1. The molecule has 0 saturated carbocycles. The fourth-order valence-electron chi connectivity index (χ4n) is 1.37. The molecule has 2 nitrogen and oxygen atoms in total. The summed E-state index contributed by atoms with van der Waals surface area (Å²) in [5, 5.41) is 4.86. The van der Waals surface area contributed by atoms with Gasteiger partial charge in [-0.15, -0.1) is 0 Å². The number of pyridine rings is 1. The molecule has 0 radical (unpaired) electrons. The van der Waals surface area contributed by atoms with Crippen LogP contribution in [0.2, 0.25) is 15.2 Å². The van der Waals surface area contributed by atoms with Crippen molar-refractivity contribution in [3.8, 4) is 0 Å². The molecular weight excluding hydrogens is 279 g/mol. The molecular formula is C12H9Cl3N2. The van der Waals surface area contributed by atoms with Crippen LogP contribution in [0.4, 0.5) is 5.69 Å². The normalized spacial score (nSPS) is 10.3. The van der Waals surface area contributed by atoms with E-state index >= 15 is 0 Å². The van der Waals surface area contributed by atoms with E-state index in [1.807, 2.05) is 18.2 Å². The van der Waals surface area contributed by atoms with E-state index in [4.69, 9.17) is 34.8 Å². The van der Waals surface area contributed by atoms with Gasteiger partial charge in [-0.25, -0.2) is 4.98 Å². The second-order valence-corrected chi connectivity index (χ2v) is 4.63. The average molecular weight is 288 g/mol. The Kier molecular flexibility index (Phi) is 4.11. The van der Waals surface area contributed by atoms with Crippen molar-refractivity contribution in [2.75, 3.05) is 5.32 Å². The lowest BCUT2D eigenvalue weighted by molar-refractivity contribution is 1.14. The van der Waals surface area contributed by atoms with Crippen LogP contribution in [0.15, 0.2) is 36.5 Å². The Balaban J connectivity index is 2.10. The van der Waals surface area contributed by atoms with Crippen molar-refractivity contribution in [1.82, 2.24) is 4.98 Å². The molecule has 0 amide bonds. The largest absolute Gasteiger partial charge is 0.378 e. The van der Waals surface area contributed by atoms with E-state index in [-0.39, 0.29) is 0 Å². The van der Waals surface area contributed by atoms with Gasteiger partial charge in [0.25, 0.3) is 0 Å². The molecule has 0 aliphatic rings. The van der Waals surface area contributed by atoms with Gasteiger partial charge in [-0.1, -0.05) is 40.9 Å². The van der Waals surface area contributed by atoms with Gasteiger partial charge in [0.2, 0.25) is 0 Å². The van der Waals surface area contributed by atoms with E-state index in [1.165, 1.54) is 0 Å². The highest BCUT2D eigenvalue weighted by Crippen LogP contribution is 2.23. The number of hydrogen-bond donors (Lipinski definition) is 1. The molecule has 1 aromatic heterocycles. The first kappa shape index (κ1) is 12.5. The Morgan fingerprint density at radius 1 is 1.12 bits per heavy atom. The molecule has 1 heterocycles. The molecule has 0 spiro atoms. The smallest absolute Gasteiger partial charge is 0.152 e. The van der Waals surface area contributed by atoms with Crippen molar-refractivity contribution in [3.63, 3.8) is 0 Å². The molecule has 2 aromatic rings. The summed E-state index contributed by atoms with van der Waals surface area (Å²) in [5.74, 6) is 0. The Morgan fingerprint density at radius 2 is 1.94 bits per heavy atom. The molecule has 88 valence electrons. The van der Waals surface area contributed by atoms with Crippen molar-refractivity contribution in [2.45, 2.75) is 6.54 Å². The van der Waals surface area contributed by atoms with Gasteiger partial charge in [-0.05, 0) is 29.8 Å². The summed E-state index contributed by atoms with van der Waals surface area (Å²) in [7, 11) is 0. The fraction of sp³-hybridized carbons (Fsp3) is 0.0833. The van der Waals surface area contributed by atoms with Gasteiger partial charge in [0.15, 0.2) is 5.15 Å². The third kappa shape index (κ3) is 3.25. The topological polar surface area (TPSA) is 24.9 Å². The molecule has 0 atom stereocenters. The van der Waals surface area contributed by atoms with Gasteiger partial charge in [0.05, 0.1) is 5.69 Å². The van der Waals surface area contributed by atoms with Gasteiger partial charge in [-0.3, -0.25) is 0 Å². The van der Waals surface area contributed by atoms with Gasteiger partial charge >= 0.3 is 0 Å². The summed E-state index contributed by atoms with van der Waals surface area (Å²) in [6.07, 6.45) is 1.64. The van der Waals surface area contributed by atoms with E-state index in [9.17, 15) is 0 Å². The third-order valence-electron chi connectivity index (χ3n) is 2.24. The predicted octanol–water partition coefficient (Wildman–Crippen LogP) is 4.65. The van der Waals surface area contributed by atoms with Crippen LogP contribution in [0.3, 0.4) is 0 Å². The molecule has 0 bridgehead atoms. The van der Waals surface area contributed by atoms with E-state index in [2.05, 4.69) is 10.3 Å². The van der Waals surface area contributed by atoms with Crippen molar-refractivity contribution in [3.05, 3.63) is 57.3 Å². The average Bonchev–Trinajstić information content (AvgIpc) is 2.30. The lowest BCUT2D eigenvalue weighted by Gasteiger charge is -2.09. The zero-order valence-electron chi connectivity index (χ0n) is 8.75. The van der Waals surface area contributed by atoms with Gasteiger partial charge in [0.1, 0.15) is 0 Å². The van der Waals surface area contributed by atoms with Crippen LogP contribution in [-0.4, -0.2) is 4.98 Å². The summed E-state index contributed by atoms with van der Waals surface area (Å²) in [5.41, 5.74) is 1.73. The van der Waals surface area contributed by atoms with Gasteiger partial charge < -0.3 is 5.32 Å². The maximum absolute atomic E-state index is 6.06. The highest BCUT2D eigenvalue weighted by Gasteiger charge is 2.03. The molecule has 0 unspecified atom stereocenters. The minimum absolute atomic E-state index is 0.442. The zero-order valence-corrected chi connectivity index (χ0v) is 11.0. The minimum Gasteiger partial charge on any atom is -0.378 e. The van der Waals surface area contributed by atoms with Crippen molar-refractivity contribution < 1.29 is 0 Å². The molecule has 5 heteroatoms. The number of anilines is 1. The van der Waals surface area contributed by atoms with Crippen molar-refractivity contribution in [2.24, 2.45) is 0 Å². The summed E-state index contributed by atoms with van der Waals surface area (Å²) >= 11 is 17.8. The highest BCUT2D eigenvalue weighted by molar-refractivity contribution is 6.35. The number of halogens is 3. The first-order valence-corrected chi connectivity index (χ1v) is 6.08. The third-order valence-corrected chi connectivity index (χ3v) is 3.13. The second kappa shape index (κ2) is 5.58. The quantitative estimate of drug-likeness (QED) is 0.831. The summed E-state index contributed by atoms with van der Waals surface area (Å²) in [6.45, 7) is 0.571. The van der Waals surface area contributed by atoms with Crippen LogP contribution < -0.4 is 5.32 Å². The summed E-state index contributed by atoms with van der Waals surface area (Å²) in [6, 6.07) is 9.07. The highest BCUT2D eigenvalue weighted by atomic mass is 35.5. The molecule has 0 aliphatic heterocycles. The zero-order chi connectivity index (χ0) is 12.3. The molecule has 1 aromatic carbocycles. The van der Waals surface area contributed by atoms with Crippen LogP contribution in [0, 0.1) is 0 Å². The van der Waals surface area contributed by atoms with E-state index in [1.54, 1.807) is 18.3 Å². The Morgan fingerprint density at radius 3 is 2.65 bits per heavy atom. The minimum atomic E-state index is 0.442. The Bertz CT molecular complexity index is 529. The Labute approximate surface area is 115 Å². The van der Waals surface area contributed by atoms with Gasteiger partial charge in [0, 0.05) is 22.8 Å². The number of rotatable bonds is 3. The van der Waals surface area contributed by atoms with Crippen LogP contribution in [0.5, 0.6) is 0 Å². The number of benzene rings is 1. The maximum Gasteiger partial charge on any atom is 0.152 e. The second-order valence-electron chi connectivity index (χ2n) is 3.43. The van der Waals surface area contributed by atoms with Crippen LogP contribution in [-0.2, 0) is 6.54 Å². The van der Waals surface area contributed by atoms with Crippen LogP contribution in [0.1, 0.15) is 5.56 Å². The van der Waals surface area contributed by atoms with Crippen LogP contribution in [0.25, 0.3) is 0 Å². The fourth-order valence-corrected chi connectivity index (χ4v) is 2.03. The number of hydrogen-bond acceptors (Lipinski definition) is 2. The van der Waals surface area contributed by atoms with Crippen molar-refractivity contribution >= 4 is 40.5 Å². The maximum atomic E-state index is 6.06. The lowest BCUT2D eigenvalue weighted by atomic mass is 10.2. The summed E-state index contributed by atoms with van der Waals surface area (Å²) in [4.78, 5) is 3.98. The lowest BCUT2D eigenvalue weighted by Crippen LogP contribution is -2.01. The van der Waals surface area contributed by atoms with Gasteiger partial charge in [-0.2, -0.15) is 0 Å². The molecule has 2 rings (SSSR count). The molecule has 17 heavy (non-hydrogen) atoms.